The minimum atomic E-state index is -0.0871. The van der Waals surface area contributed by atoms with Crippen LogP contribution in [-0.2, 0) is 6.54 Å². The van der Waals surface area contributed by atoms with Gasteiger partial charge in [-0.05, 0) is 63.2 Å². The molecule has 0 aliphatic carbocycles. The Kier molecular flexibility index (Phi) is 6.90. The van der Waals surface area contributed by atoms with Gasteiger partial charge in [-0.2, -0.15) is 5.10 Å². The van der Waals surface area contributed by atoms with Crippen LogP contribution in [0.5, 0.6) is 0 Å². The number of nitrogens with one attached hydrogen (secondary N) is 2. The Morgan fingerprint density at radius 3 is 2.63 bits per heavy atom. The number of thiophene rings is 1. The third-order valence-corrected chi connectivity index (χ3v) is 6.08. The molecule has 1 aliphatic rings. The Balaban J connectivity index is 1.44. The summed E-state index contributed by atoms with van der Waals surface area (Å²) in [5.41, 5.74) is 2.19. The van der Waals surface area contributed by atoms with Crippen molar-refractivity contribution in [1.29, 1.82) is 0 Å². The van der Waals surface area contributed by atoms with Gasteiger partial charge in [0, 0.05) is 30.2 Å². The van der Waals surface area contributed by atoms with E-state index in [4.69, 9.17) is 0 Å². The number of hydrogen-bond acceptors (Lipinski definition) is 4. The van der Waals surface area contributed by atoms with Crippen molar-refractivity contribution in [3.63, 3.8) is 0 Å². The third-order valence-electron chi connectivity index (χ3n) is 5.11. The number of nitrogens with zero attached hydrogens (tertiary/aromatic N) is 3. The Hall–Kier alpha value is -1.86. The predicted octanol–water partition coefficient (Wildman–Crippen LogP) is 3.33. The van der Waals surface area contributed by atoms with Crippen LogP contribution in [0.15, 0.2) is 23.6 Å². The van der Waals surface area contributed by atoms with Crippen molar-refractivity contribution >= 4 is 17.4 Å². The van der Waals surface area contributed by atoms with Crippen molar-refractivity contribution in [1.82, 2.24) is 25.3 Å². The van der Waals surface area contributed by atoms with E-state index in [9.17, 15) is 4.79 Å². The second kappa shape index (κ2) is 9.37. The van der Waals surface area contributed by atoms with Crippen LogP contribution in [0.3, 0.4) is 0 Å². The third kappa shape index (κ3) is 5.56. The van der Waals surface area contributed by atoms with Crippen LogP contribution in [0.25, 0.3) is 0 Å². The smallest absolute Gasteiger partial charge is 0.314 e. The zero-order chi connectivity index (χ0) is 19.2. The first-order chi connectivity index (χ1) is 13.0. The fourth-order valence-electron chi connectivity index (χ4n) is 3.68. The summed E-state index contributed by atoms with van der Waals surface area (Å²) >= 11 is 1.77. The molecule has 3 rings (SSSR count). The standard InChI is InChI=1S/C20H31N5OS/c1-15(14-25-17(3)11-16(2)23-25)12-21-20(26)22-13-18(19-7-6-10-27-19)24-8-4-5-9-24/h6-7,10-11,15,18H,4-5,8-9,12-14H2,1-3H3,(H2,21,22,26). The van der Waals surface area contributed by atoms with Crippen molar-refractivity contribution in [3.05, 3.63) is 39.8 Å². The molecule has 3 heterocycles. The number of aromatic nitrogens is 2. The highest BCUT2D eigenvalue weighted by Gasteiger charge is 2.24. The zero-order valence-corrected chi connectivity index (χ0v) is 17.4. The number of rotatable bonds is 8. The molecule has 2 N–H and O–H groups in total. The Bertz CT molecular complexity index is 721. The Morgan fingerprint density at radius 1 is 1.26 bits per heavy atom. The van der Waals surface area contributed by atoms with Gasteiger partial charge in [0.05, 0.1) is 11.7 Å². The van der Waals surface area contributed by atoms with Gasteiger partial charge < -0.3 is 10.6 Å². The molecule has 2 atom stereocenters. The van der Waals surface area contributed by atoms with E-state index in [2.05, 4.69) is 58.1 Å². The first-order valence-electron chi connectivity index (χ1n) is 9.83. The number of likely N-dealkylation sites (tertiary alicyclic amines) is 1. The summed E-state index contributed by atoms with van der Waals surface area (Å²) in [7, 11) is 0. The highest BCUT2D eigenvalue weighted by atomic mass is 32.1. The maximum Gasteiger partial charge on any atom is 0.314 e. The molecule has 0 aromatic carbocycles. The maximum atomic E-state index is 12.3. The van der Waals surface area contributed by atoms with Crippen molar-refractivity contribution in [2.75, 3.05) is 26.2 Å². The van der Waals surface area contributed by atoms with Crippen LogP contribution < -0.4 is 10.6 Å². The monoisotopic (exact) mass is 389 g/mol. The molecular formula is C20H31N5OS. The highest BCUT2D eigenvalue weighted by molar-refractivity contribution is 7.10. The van der Waals surface area contributed by atoms with Gasteiger partial charge in [0.25, 0.3) is 0 Å². The summed E-state index contributed by atoms with van der Waals surface area (Å²) in [6, 6.07) is 6.53. The van der Waals surface area contributed by atoms with Crippen LogP contribution in [-0.4, -0.2) is 46.9 Å². The average Bonchev–Trinajstić information content (AvgIpc) is 3.37. The van der Waals surface area contributed by atoms with Gasteiger partial charge in [0.2, 0.25) is 0 Å². The summed E-state index contributed by atoms with van der Waals surface area (Å²) in [6.07, 6.45) is 2.50. The Labute approximate surface area is 165 Å². The second-order valence-corrected chi connectivity index (χ2v) is 8.56. The normalized spacial score (nSPS) is 17.0. The predicted molar refractivity (Wildman–Crippen MR) is 110 cm³/mol. The average molecular weight is 390 g/mol. The minimum absolute atomic E-state index is 0.0871. The molecular weight excluding hydrogens is 358 g/mol. The quantitative estimate of drug-likeness (QED) is 0.728. The molecule has 0 spiro atoms. The topological polar surface area (TPSA) is 62.2 Å². The molecule has 2 aromatic heterocycles. The van der Waals surface area contributed by atoms with Crippen molar-refractivity contribution in [3.8, 4) is 0 Å². The van der Waals surface area contributed by atoms with E-state index in [-0.39, 0.29) is 12.1 Å². The van der Waals surface area contributed by atoms with Gasteiger partial charge in [-0.15, -0.1) is 11.3 Å². The van der Waals surface area contributed by atoms with E-state index < -0.39 is 0 Å². The zero-order valence-electron chi connectivity index (χ0n) is 16.6. The molecule has 0 saturated carbocycles. The van der Waals surface area contributed by atoms with Crippen molar-refractivity contribution < 1.29 is 4.79 Å². The van der Waals surface area contributed by atoms with Gasteiger partial charge in [-0.1, -0.05) is 13.0 Å². The molecule has 1 saturated heterocycles. The highest BCUT2D eigenvalue weighted by Crippen LogP contribution is 2.27. The van der Waals surface area contributed by atoms with E-state index in [1.165, 1.54) is 17.7 Å². The number of urea groups is 1. The van der Waals surface area contributed by atoms with E-state index in [0.29, 0.717) is 19.0 Å². The van der Waals surface area contributed by atoms with E-state index in [1.807, 2.05) is 11.6 Å². The molecule has 0 radical (unpaired) electrons. The summed E-state index contributed by atoms with van der Waals surface area (Å²) < 4.78 is 2.01. The molecule has 0 bridgehead atoms. The molecule has 1 fully saturated rings. The molecule has 6 nitrogen and oxygen atoms in total. The number of aryl methyl sites for hydroxylation is 2. The van der Waals surface area contributed by atoms with Crippen LogP contribution in [0.4, 0.5) is 4.79 Å². The first-order valence-corrected chi connectivity index (χ1v) is 10.7. The second-order valence-electron chi connectivity index (χ2n) is 7.58. The van der Waals surface area contributed by atoms with Crippen LogP contribution in [0.2, 0.25) is 0 Å². The summed E-state index contributed by atoms with van der Waals surface area (Å²) in [4.78, 5) is 16.1. The molecule has 27 heavy (non-hydrogen) atoms. The number of hydrogen-bond donors (Lipinski definition) is 2. The van der Waals surface area contributed by atoms with Crippen LogP contribution >= 0.6 is 11.3 Å². The number of carbonyl (C=O) groups excluding carboxylic acids is 1. The SMILES string of the molecule is Cc1cc(C)n(CC(C)CNC(=O)NCC(c2cccs2)N2CCCC2)n1. The molecule has 1 aliphatic heterocycles. The molecule has 7 heteroatoms. The van der Waals surface area contributed by atoms with Crippen molar-refractivity contribution in [2.24, 2.45) is 5.92 Å². The van der Waals surface area contributed by atoms with Crippen LogP contribution in [0, 0.1) is 19.8 Å². The summed E-state index contributed by atoms with van der Waals surface area (Å²) in [5.74, 6) is 0.320. The fraction of sp³-hybridized carbons (Fsp3) is 0.600. The van der Waals surface area contributed by atoms with E-state index in [1.54, 1.807) is 11.3 Å². The van der Waals surface area contributed by atoms with Gasteiger partial charge >= 0.3 is 6.03 Å². The summed E-state index contributed by atoms with van der Waals surface area (Å²) in [6.45, 7) is 10.5. The summed E-state index contributed by atoms with van der Waals surface area (Å²) in [5, 5.41) is 12.7. The fourth-order valence-corrected chi connectivity index (χ4v) is 4.54. The number of carbonyl (C=O) groups is 1. The molecule has 148 valence electrons. The molecule has 2 unspecified atom stereocenters. The first kappa shape index (κ1) is 19.9. The molecule has 2 amide bonds. The number of amides is 2. The van der Waals surface area contributed by atoms with E-state index in [0.717, 1.165) is 31.0 Å². The van der Waals surface area contributed by atoms with Crippen molar-refractivity contribution in [2.45, 2.75) is 46.2 Å². The minimum Gasteiger partial charge on any atom is -0.338 e. The molecule has 2 aromatic rings. The lowest BCUT2D eigenvalue weighted by atomic mass is 10.2. The largest absolute Gasteiger partial charge is 0.338 e. The lowest BCUT2D eigenvalue weighted by molar-refractivity contribution is 0.221. The Morgan fingerprint density at radius 2 is 2.00 bits per heavy atom. The van der Waals surface area contributed by atoms with Gasteiger partial charge in [-0.25, -0.2) is 4.79 Å². The van der Waals surface area contributed by atoms with Crippen LogP contribution in [0.1, 0.15) is 42.1 Å². The maximum absolute atomic E-state index is 12.3. The van der Waals surface area contributed by atoms with Gasteiger partial charge in [-0.3, -0.25) is 9.58 Å². The van der Waals surface area contributed by atoms with E-state index >= 15 is 0 Å². The van der Waals surface area contributed by atoms with Gasteiger partial charge in [0.1, 0.15) is 0 Å². The van der Waals surface area contributed by atoms with Gasteiger partial charge in [0.15, 0.2) is 0 Å². The lowest BCUT2D eigenvalue weighted by Gasteiger charge is -2.27. The lowest BCUT2D eigenvalue weighted by Crippen LogP contribution is -2.42.